The molecule has 2 aromatic rings. The van der Waals surface area contributed by atoms with Crippen molar-refractivity contribution in [2.75, 3.05) is 6.61 Å². The molecule has 0 spiro atoms. The van der Waals surface area contributed by atoms with Crippen LogP contribution in [0.15, 0.2) is 42.5 Å². The van der Waals surface area contributed by atoms with Crippen LogP contribution >= 0.6 is 0 Å². The summed E-state index contributed by atoms with van der Waals surface area (Å²) < 4.78 is 11.4. The standard InChI is InChI=1S/C17H15NO3/c1-2-9-20-16-5-3-4-6-17(16)21-15-8-7-13(12-19)10-14(15)11-18/h3-8,10,12H,2,9H2,1H3. The molecule has 0 saturated heterocycles. The fraction of sp³-hybridized carbons (Fsp3) is 0.176. The lowest BCUT2D eigenvalue weighted by molar-refractivity contribution is 0.112. The maximum Gasteiger partial charge on any atom is 0.169 e. The summed E-state index contributed by atoms with van der Waals surface area (Å²) in [5, 5.41) is 9.15. The fourth-order valence-corrected chi connectivity index (χ4v) is 1.78. The van der Waals surface area contributed by atoms with Crippen molar-refractivity contribution in [2.24, 2.45) is 0 Å². The third-order valence-corrected chi connectivity index (χ3v) is 2.79. The van der Waals surface area contributed by atoms with Crippen LogP contribution in [0.25, 0.3) is 0 Å². The van der Waals surface area contributed by atoms with Crippen LogP contribution in [0.3, 0.4) is 0 Å². The van der Waals surface area contributed by atoms with Crippen molar-refractivity contribution in [3.05, 3.63) is 53.6 Å². The number of hydrogen-bond donors (Lipinski definition) is 0. The van der Waals surface area contributed by atoms with E-state index in [1.807, 2.05) is 31.2 Å². The average Bonchev–Trinajstić information content (AvgIpc) is 2.54. The molecule has 0 aliphatic rings. The van der Waals surface area contributed by atoms with E-state index in [1.165, 1.54) is 6.07 Å². The van der Waals surface area contributed by atoms with Crippen LogP contribution in [0.4, 0.5) is 0 Å². The highest BCUT2D eigenvalue weighted by molar-refractivity contribution is 5.76. The Bertz CT molecular complexity index is 674. The number of ether oxygens (including phenoxy) is 2. The van der Waals surface area contributed by atoms with Crippen LogP contribution in [0, 0.1) is 11.3 Å². The van der Waals surface area contributed by atoms with Crippen LogP contribution in [0.1, 0.15) is 29.3 Å². The Balaban J connectivity index is 2.30. The number of carbonyl (C=O) groups excluding carboxylic acids is 1. The van der Waals surface area contributed by atoms with Gasteiger partial charge in [0.05, 0.1) is 12.2 Å². The molecule has 106 valence electrons. The van der Waals surface area contributed by atoms with Crippen molar-refractivity contribution in [1.82, 2.24) is 0 Å². The largest absolute Gasteiger partial charge is 0.490 e. The van der Waals surface area contributed by atoms with Crippen LogP contribution in [0.2, 0.25) is 0 Å². The number of carbonyl (C=O) groups is 1. The van der Waals surface area contributed by atoms with Gasteiger partial charge in [0.15, 0.2) is 11.5 Å². The Morgan fingerprint density at radius 1 is 1.14 bits per heavy atom. The molecule has 0 bridgehead atoms. The fourth-order valence-electron chi connectivity index (χ4n) is 1.78. The Kier molecular flexibility index (Phi) is 4.94. The number of hydrogen-bond acceptors (Lipinski definition) is 4. The first kappa shape index (κ1) is 14.6. The minimum atomic E-state index is 0.310. The zero-order chi connectivity index (χ0) is 15.1. The van der Waals surface area contributed by atoms with E-state index in [0.29, 0.717) is 41.3 Å². The van der Waals surface area contributed by atoms with Crippen molar-refractivity contribution in [2.45, 2.75) is 13.3 Å². The minimum Gasteiger partial charge on any atom is -0.490 e. The Morgan fingerprint density at radius 3 is 2.57 bits per heavy atom. The zero-order valence-electron chi connectivity index (χ0n) is 11.7. The minimum absolute atomic E-state index is 0.310. The van der Waals surface area contributed by atoms with E-state index in [9.17, 15) is 4.79 Å². The molecular weight excluding hydrogens is 266 g/mol. The van der Waals surface area contributed by atoms with E-state index >= 15 is 0 Å². The van der Waals surface area contributed by atoms with Crippen LogP contribution < -0.4 is 9.47 Å². The van der Waals surface area contributed by atoms with Crippen molar-refractivity contribution < 1.29 is 14.3 Å². The molecule has 0 aliphatic heterocycles. The first-order valence-electron chi connectivity index (χ1n) is 6.67. The van der Waals surface area contributed by atoms with Gasteiger partial charge in [-0.25, -0.2) is 0 Å². The molecule has 0 N–H and O–H groups in total. The molecule has 0 unspecified atom stereocenters. The molecule has 0 heterocycles. The van der Waals surface area contributed by atoms with Gasteiger partial charge in [-0.05, 0) is 36.8 Å². The van der Waals surface area contributed by atoms with Crippen molar-refractivity contribution in [3.63, 3.8) is 0 Å². The first-order chi connectivity index (χ1) is 10.3. The maximum atomic E-state index is 10.7. The van der Waals surface area contributed by atoms with Gasteiger partial charge in [-0.1, -0.05) is 19.1 Å². The lowest BCUT2D eigenvalue weighted by Crippen LogP contribution is -1.98. The first-order valence-corrected chi connectivity index (χ1v) is 6.67. The van der Waals surface area contributed by atoms with Gasteiger partial charge in [0.1, 0.15) is 18.1 Å². The van der Waals surface area contributed by atoms with Crippen LogP contribution in [-0.2, 0) is 0 Å². The van der Waals surface area contributed by atoms with Gasteiger partial charge in [-0.2, -0.15) is 5.26 Å². The summed E-state index contributed by atoms with van der Waals surface area (Å²) in [7, 11) is 0. The molecule has 4 heteroatoms. The molecule has 0 amide bonds. The summed E-state index contributed by atoms with van der Waals surface area (Å²) >= 11 is 0. The smallest absolute Gasteiger partial charge is 0.169 e. The third kappa shape index (κ3) is 3.61. The molecule has 0 saturated carbocycles. The molecule has 0 aromatic heterocycles. The maximum absolute atomic E-state index is 10.7. The number of para-hydroxylation sites is 2. The van der Waals surface area contributed by atoms with E-state index in [1.54, 1.807) is 18.2 Å². The monoisotopic (exact) mass is 281 g/mol. The third-order valence-electron chi connectivity index (χ3n) is 2.79. The highest BCUT2D eigenvalue weighted by Gasteiger charge is 2.09. The predicted octanol–water partition coefficient (Wildman–Crippen LogP) is 3.95. The molecule has 0 radical (unpaired) electrons. The predicted molar refractivity (Wildman–Crippen MR) is 78.8 cm³/mol. The number of rotatable bonds is 6. The quantitative estimate of drug-likeness (QED) is 0.752. The zero-order valence-corrected chi connectivity index (χ0v) is 11.7. The highest BCUT2D eigenvalue weighted by Crippen LogP contribution is 2.33. The molecule has 4 nitrogen and oxygen atoms in total. The molecule has 0 atom stereocenters. The molecule has 21 heavy (non-hydrogen) atoms. The summed E-state index contributed by atoms with van der Waals surface area (Å²) in [5.41, 5.74) is 0.749. The van der Waals surface area contributed by atoms with Crippen LogP contribution in [0.5, 0.6) is 17.2 Å². The molecule has 2 aromatic carbocycles. The Labute approximate surface area is 123 Å². The number of aldehydes is 1. The summed E-state index contributed by atoms with van der Waals surface area (Å²) in [4.78, 5) is 10.7. The summed E-state index contributed by atoms with van der Waals surface area (Å²) in [6.07, 6.45) is 1.59. The van der Waals surface area contributed by atoms with E-state index in [0.717, 1.165) is 6.42 Å². The van der Waals surface area contributed by atoms with E-state index in [2.05, 4.69) is 0 Å². The van der Waals surface area contributed by atoms with Gasteiger partial charge >= 0.3 is 0 Å². The van der Waals surface area contributed by atoms with Gasteiger partial charge in [0.25, 0.3) is 0 Å². The number of nitrogens with zero attached hydrogens (tertiary/aromatic N) is 1. The van der Waals surface area contributed by atoms with Gasteiger partial charge in [-0.15, -0.1) is 0 Å². The average molecular weight is 281 g/mol. The van der Waals surface area contributed by atoms with Crippen molar-refractivity contribution in [3.8, 4) is 23.3 Å². The second-order valence-corrected chi connectivity index (χ2v) is 4.38. The van der Waals surface area contributed by atoms with Gasteiger partial charge in [0.2, 0.25) is 0 Å². The Hall–Kier alpha value is -2.80. The second kappa shape index (κ2) is 7.11. The lowest BCUT2D eigenvalue weighted by Gasteiger charge is -2.12. The Morgan fingerprint density at radius 2 is 1.90 bits per heavy atom. The van der Waals surface area contributed by atoms with Gasteiger partial charge < -0.3 is 9.47 Å². The number of nitriles is 1. The van der Waals surface area contributed by atoms with Crippen LogP contribution in [-0.4, -0.2) is 12.9 Å². The van der Waals surface area contributed by atoms with Gasteiger partial charge in [-0.3, -0.25) is 4.79 Å². The van der Waals surface area contributed by atoms with E-state index < -0.39 is 0 Å². The normalized spacial score (nSPS) is 9.71. The van der Waals surface area contributed by atoms with E-state index in [-0.39, 0.29) is 0 Å². The molecule has 0 fully saturated rings. The van der Waals surface area contributed by atoms with Crippen molar-refractivity contribution in [1.29, 1.82) is 5.26 Å². The summed E-state index contributed by atoms with van der Waals surface area (Å²) in [6.45, 7) is 2.62. The van der Waals surface area contributed by atoms with Gasteiger partial charge in [0, 0.05) is 5.56 Å². The van der Waals surface area contributed by atoms with Crippen molar-refractivity contribution >= 4 is 6.29 Å². The highest BCUT2D eigenvalue weighted by atomic mass is 16.5. The lowest BCUT2D eigenvalue weighted by atomic mass is 10.1. The molecule has 0 aliphatic carbocycles. The summed E-state index contributed by atoms with van der Waals surface area (Å²) in [6, 6.07) is 14.0. The number of benzene rings is 2. The second-order valence-electron chi connectivity index (χ2n) is 4.38. The topological polar surface area (TPSA) is 59.3 Å². The summed E-state index contributed by atoms with van der Waals surface area (Å²) in [5.74, 6) is 1.57. The molecule has 2 rings (SSSR count). The SMILES string of the molecule is CCCOc1ccccc1Oc1ccc(C=O)cc1C#N. The molecular formula is C17H15NO3. The van der Waals surface area contributed by atoms with E-state index in [4.69, 9.17) is 14.7 Å².